The molecule has 0 unspecified atom stereocenters. The first-order valence-corrected chi connectivity index (χ1v) is 15.5. The average Bonchev–Trinajstić information content (AvgIpc) is 3.52. The highest BCUT2D eigenvalue weighted by molar-refractivity contribution is 6.09. The van der Waals surface area contributed by atoms with E-state index in [1.165, 1.54) is 34.5 Å². The van der Waals surface area contributed by atoms with E-state index in [1.54, 1.807) is 78.9 Å². The number of rotatable bonds is 18. The Bertz CT molecular complexity index is 1800. The predicted octanol–water partition coefficient (Wildman–Crippen LogP) is 6.32. The maximum atomic E-state index is 14.5. The minimum absolute atomic E-state index is 0.0121. The minimum atomic E-state index is -0.817. The van der Waals surface area contributed by atoms with Crippen molar-refractivity contribution < 1.29 is 57.3 Å². The van der Waals surface area contributed by atoms with E-state index in [-0.39, 0.29) is 61.6 Å². The predicted molar refractivity (Wildman–Crippen MR) is 181 cm³/mol. The van der Waals surface area contributed by atoms with Crippen LogP contribution in [0, 0.1) is 0 Å². The van der Waals surface area contributed by atoms with Crippen LogP contribution < -0.4 is 23.7 Å². The number of Topliss-reactive ketones (excluding diaryl/α,β-unsaturated/α-hetero) is 1. The summed E-state index contributed by atoms with van der Waals surface area (Å²) < 4.78 is 49.0. The molecule has 0 amide bonds. The molecule has 0 saturated carbocycles. The van der Waals surface area contributed by atoms with Crippen LogP contribution in [0.1, 0.15) is 49.4 Å². The van der Waals surface area contributed by atoms with E-state index in [4.69, 9.17) is 42.6 Å². The zero-order chi connectivity index (χ0) is 35.5. The third-order valence-corrected chi connectivity index (χ3v) is 7.65. The number of phenols is 1. The smallest absolute Gasteiger partial charge is 0.189 e. The summed E-state index contributed by atoms with van der Waals surface area (Å²) >= 11 is 0. The molecular weight excluding hydrogens is 648 g/mol. The zero-order valence-electron chi connectivity index (χ0n) is 28.1. The molecule has 0 fully saturated rings. The molecule has 1 aliphatic rings. The van der Waals surface area contributed by atoms with Gasteiger partial charge in [-0.15, -0.1) is 0 Å². The normalized spacial score (nSPS) is 15.0. The molecule has 4 aromatic carbocycles. The molecule has 1 heterocycles. The summed E-state index contributed by atoms with van der Waals surface area (Å²) in [5, 5.41) is 9.95. The van der Waals surface area contributed by atoms with Gasteiger partial charge in [0.15, 0.2) is 38.7 Å². The van der Waals surface area contributed by atoms with Crippen LogP contribution in [0.5, 0.6) is 34.5 Å². The summed E-state index contributed by atoms with van der Waals surface area (Å²) in [4.78, 5) is 27.9. The van der Waals surface area contributed by atoms with E-state index in [9.17, 15) is 14.7 Å². The number of hydrogen-bond acceptors (Lipinski definition) is 12. The summed E-state index contributed by atoms with van der Waals surface area (Å²) in [7, 11) is 5.98. The number of allylic oxidation sites excluding steroid dienone is 1. The first kappa shape index (κ1) is 35.9. The van der Waals surface area contributed by atoms with Crippen molar-refractivity contribution in [3.63, 3.8) is 0 Å². The largest absolute Gasteiger partial charge is 0.508 e. The van der Waals surface area contributed by atoms with E-state index < -0.39 is 12.0 Å². The van der Waals surface area contributed by atoms with Gasteiger partial charge in [0.1, 0.15) is 40.6 Å². The van der Waals surface area contributed by atoms with Gasteiger partial charge >= 0.3 is 0 Å². The lowest BCUT2D eigenvalue weighted by atomic mass is 9.84. The quantitative estimate of drug-likeness (QED) is 0.0712. The van der Waals surface area contributed by atoms with Crippen LogP contribution in [0.2, 0.25) is 0 Å². The number of ketones is 2. The summed E-state index contributed by atoms with van der Waals surface area (Å²) in [6.45, 7) is -0.123. The molecule has 0 aromatic heterocycles. The van der Waals surface area contributed by atoms with Gasteiger partial charge < -0.3 is 47.7 Å². The Kier molecular flexibility index (Phi) is 12.4. The number of phenolic OH excluding ortho intramolecular Hbond substituents is 1. The first-order chi connectivity index (χ1) is 24.4. The summed E-state index contributed by atoms with van der Waals surface area (Å²) in [5.74, 6) is 0.616. The van der Waals surface area contributed by atoms with Crippen LogP contribution in [0.4, 0.5) is 0 Å². The first-order valence-electron chi connectivity index (χ1n) is 15.5. The van der Waals surface area contributed by atoms with Crippen molar-refractivity contribution in [3.8, 4) is 34.5 Å². The van der Waals surface area contributed by atoms with Crippen molar-refractivity contribution in [2.75, 3.05) is 55.6 Å². The lowest BCUT2D eigenvalue weighted by molar-refractivity contribution is 0.0450. The van der Waals surface area contributed by atoms with Crippen LogP contribution in [0.15, 0.2) is 84.9 Å². The molecule has 12 nitrogen and oxygen atoms in total. The van der Waals surface area contributed by atoms with E-state index in [1.807, 2.05) is 6.07 Å². The minimum Gasteiger partial charge on any atom is -0.508 e. The van der Waals surface area contributed by atoms with Gasteiger partial charge in [-0.1, -0.05) is 24.3 Å². The molecule has 1 aliphatic heterocycles. The number of carbonyl (C=O) groups excluding carboxylic acids is 2. The van der Waals surface area contributed by atoms with Gasteiger partial charge in [0, 0.05) is 46.1 Å². The molecule has 4 aromatic rings. The van der Waals surface area contributed by atoms with Gasteiger partial charge in [0.25, 0.3) is 0 Å². The molecule has 5 rings (SSSR count). The van der Waals surface area contributed by atoms with E-state index in [0.717, 1.165) is 0 Å². The van der Waals surface area contributed by atoms with Crippen LogP contribution >= 0.6 is 0 Å². The van der Waals surface area contributed by atoms with Gasteiger partial charge in [-0.25, -0.2) is 0 Å². The number of ether oxygens (including phenoxy) is 9. The molecule has 0 radical (unpaired) electrons. The fourth-order valence-corrected chi connectivity index (χ4v) is 5.35. The Hall–Kier alpha value is -5.40. The molecule has 2 atom stereocenters. The highest BCUT2D eigenvalue weighted by atomic mass is 16.7. The Labute approximate surface area is 289 Å². The fraction of sp³-hybridized carbons (Fsp3) is 0.263. The summed E-state index contributed by atoms with van der Waals surface area (Å²) in [5.41, 5.74) is 2.54. The van der Waals surface area contributed by atoms with Crippen molar-refractivity contribution in [2.24, 2.45) is 0 Å². The second kappa shape index (κ2) is 17.3. The SMILES string of the molecule is COCOc1ccc(C(=O)/C=C/c2ccc3c(c2)[C@@H](C(=O)c2ccc(OCOC)cc2OCOC)[C@H](c2ccc(O)cc2)O3)c(OCOC)c1. The Morgan fingerprint density at radius 1 is 0.680 bits per heavy atom. The van der Waals surface area contributed by atoms with Crippen LogP contribution in [0.3, 0.4) is 0 Å². The number of methoxy groups -OCH3 is 4. The van der Waals surface area contributed by atoms with Crippen molar-refractivity contribution in [2.45, 2.75) is 12.0 Å². The van der Waals surface area contributed by atoms with Crippen LogP contribution in [-0.2, 0) is 18.9 Å². The average molecular weight is 687 g/mol. The molecule has 0 saturated heterocycles. The van der Waals surface area contributed by atoms with E-state index in [2.05, 4.69) is 0 Å². The fourth-order valence-electron chi connectivity index (χ4n) is 5.35. The highest BCUT2D eigenvalue weighted by Gasteiger charge is 2.42. The maximum absolute atomic E-state index is 14.5. The standard InChI is InChI=1S/C38H38O12/c1-42-20-46-27-11-13-29(34(18-27)48-22-44-3)32(40)15-5-24-6-16-33-31(17-24)36(38(50-33)25-7-9-26(39)10-8-25)37(41)30-14-12-28(47-21-43-2)19-35(30)49-23-45-4/h5-19,36,38-39H,20-23H2,1-4H3/b15-5+/t36-,38-/m0/s1. The lowest BCUT2D eigenvalue weighted by Crippen LogP contribution is -2.20. The number of carbonyl (C=O) groups is 2. The number of benzene rings is 4. The highest BCUT2D eigenvalue weighted by Crippen LogP contribution is 2.49. The second-order valence-corrected chi connectivity index (χ2v) is 11.0. The zero-order valence-corrected chi connectivity index (χ0v) is 28.1. The van der Waals surface area contributed by atoms with E-state index in [0.29, 0.717) is 39.5 Å². The van der Waals surface area contributed by atoms with Gasteiger partial charge in [-0.3, -0.25) is 9.59 Å². The molecular formula is C38H38O12. The van der Waals surface area contributed by atoms with Crippen molar-refractivity contribution in [3.05, 3.63) is 113 Å². The van der Waals surface area contributed by atoms with E-state index >= 15 is 0 Å². The third kappa shape index (κ3) is 8.60. The number of hydrogen-bond donors (Lipinski definition) is 1. The molecule has 1 N–H and O–H groups in total. The topological polar surface area (TPSA) is 137 Å². The summed E-state index contributed by atoms with van der Waals surface area (Å²) in [6, 6.07) is 21.6. The molecule has 0 spiro atoms. The van der Waals surface area contributed by atoms with Gasteiger partial charge in [0.2, 0.25) is 0 Å². The van der Waals surface area contributed by atoms with Crippen molar-refractivity contribution in [1.82, 2.24) is 0 Å². The van der Waals surface area contributed by atoms with Gasteiger partial charge in [-0.2, -0.15) is 0 Å². The molecule has 0 aliphatic carbocycles. The third-order valence-electron chi connectivity index (χ3n) is 7.65. The monoisotopic (exact) mass is 686 g/mol. The summed E-state index contributed by atoms with van der Waals surface area (Å²) in [6.07, 6.45) is 2.35. The Morgan fingerprint density at radius 2 is 1.24 bits per heavy atom. The lowest BCUT2D eigenvalue weighted by Gasteiger charge is -2.20. The molecule has 262 valence electrons. The molecule has 12 heteroatoms. The van der Waals surface area contributed by atoms with Crippen molar-refractivity contribution in [1.29, 1.82) is 0 Å². The second-order valence-electron chi connectivity index (χ2n) is 11.0. The molecule has 0 bridgehead atoms. The Morgan fingerprint density at radius 3 is 1.84 bits per heavy atom. The van der Waals surface area contributed by atoms with Crippen LogP contribution in [0.25, 0.3) is 6.08 Å². The van der Waals surface area contributed by atoms with Gasteiger partial charge in [0.05, 0.1) is 17.0 Å². The number of aromatic hydroxyl groups is 1. The number of fused-ring (bicyclic) bond motifs is 1. The van der Waals surface area contributed by atoms with Gasteiger partial charge in [-0.05, 0) is 65.7 Å². The molecule has 50 heavy (non-hydrogen) atoms. The maximum Gasteiger partial charge on any atom is 0.189 e. The van der Waals surface area contributed by atoms with Crippen molar-refractivity contribution >= 4 is 17.6 Å². The Balaban J connectivity index is 1.49. The van der Waals surface area contributed by atoms with Crippen LogP contribution in [-0.4, -0.2) is 72.3 Å².